The van der Waals surface area contributed by atoms with Crippen LogP contribution >= 0.6 is 0 Å². The maximum atomic E-state index is 13.4. The van der Waals surface area contributed by atoms with E-state index in [1.54, 1.807) is 12.1 Å². The SMILES string of the molecule is CCCCCc1ccc(C#Cc2ccc3cc(F)c(F)cc3c2)cc1. The van der Waals surface area contributed by atoms with E-state index in [1.807, 2.05) is 18.2 Å². The van der Waals surface area contributed by atoms with Crippen LogP contribution in [-0.4, -0.2) is 0 Å². The third-order valence-corrected chi connectivity index (χ3v) is 4.25. The molecule has 0 atom stereocenters. The maximum Gasteiger partial charge on any atom is 0.159 e. The van der Waals surface area contributed by atoms with Crippen LogP contribution < -0.4 is 0 Å². The zero-order chi connectivity index (χ0) is 17.6. The van der Waals surface area contributed by atoms with Gasteiger partial charge in [0.25, 0.3) is 0 Å². The summed E-state index contributed by atoms with van der Waals surface area (Å²) in [6.45, 7) is 2.20. The number of fused-ring (bicyclic) bond motifs is 1. The summed E-state index contributed by atoms with van der Waals surface area (Å²) in [4.78, 5) is 0. The second-order valence-electron chi connectivity index (χ2n) is 6.23. The molecule has 0 saturated carbocycles. The summed E-state index contributed by atoms with van der Waals surface area (Å²) in [7, 11) is 0. The number of hydrogen-bond donors (Lipinski definition) is 0. The van der Waals surface area contributed by atoms with Crippen LogP contribution in [0.3, 0.4) is 0 Å². The van der Waals surface area contributed by atoms with Crippen LogP contribution in [0.25, 0.3) is 10.8 Å². The van der Waals surface area contributed by atoms with Crippen molar-refractivity contribution < 1.29 is 8.78 Å². The average Bonchev–Trinajstić information content (AvgIpc) is 2.62. The van der Waals surface area contributed by atoms with Gasteiger partial charge in [-0.25, -0.2) is 8.78 Å². The molecule has 0 bridgehead atoms. The minimum absolute atomic E-state index is 0.650. The largest absolute Gasteiger partial charge is 0.204 e. The Morgan fingerprint density at radius 1 is 0.720 bits per heavy atom. The van der Waals surface area contributed by atoms with Gasteiger partial charge in [0.05, 0.1) is 0 Å². The molecule has 0 heterocycles. The summed E-state index contributed by atoms with van der Waals surface area (Å²) < 4.78 is 26.6. The van der Waals surface area contributed by atoms with Crippen LogP contribution in [0.2, 0.25) is 0 Å². The Bertz CT molecular complexity index is 928. The molecule has 25 heavy (non-hydrogen) atoms. The number of benzene rings is 3. The lowest BCUT2D eigenvalue weighted by Gasteiger charge is -2.01. The quantitative estimate of drug-likeness (QED) is 0.391. The standard InChI is InChI=1S/C23H20F2/c1-2-3-4-5-17-6-8-18(9-7-17)10-11-19-12-13-20-15-22(24)23(25)16-21(20)14-19/h6-9,12-16H,2-5H2,1H3. The highest BCUT2D eigenvalue weighted by Gasteiger charge is 2.04. The molecule has 0 saturated heterocycles. The molecule has 3 aromatic rings. The molecule has 0 amide bonds. The molecule has 0 fully saturated rings. The maximum absolute atomic E-state index is 13.4. The molecule has 0 aromatic heterocycles. The molecular weight excluding hydrogens is 314 g/mol. The van der Waals surface area contributed by atoms with Gasteiger partial charge in [-0.05, 0) is 65.6 Å². The molecule has 0 N–H and O–H groups in total. The first-order valence-electron chi connectivity index (χ1n) is 8.65. The van der Waals surface area contributed by atoms with Crippen molar-refractivity contribution in [2.75, 3.05) is 0 Å². The minimum atomic E-state index is -0.837. The van der Waals surface area contributed by atoms with Gasteiger partial charge in [-0.15, -0.1) is 0 Å². The van der Waals surface area contributed by atoms with Crippen molar-refractivity contribution in [3.8, 4) is 11.8 Å². The monoisotopic (exact) mass is 334 g/mol. The molecule has 126 valence electrons. The highest BCUT2D eigenvalue weighted by atomic mass is 19.2. The van der Waals surface area contributed by atoms with E-state index in [0.29, 0.717) is 10.8 Å². The minimum Gasteiger partial charge on any atom is -0.204 e. The Labute approximate surface area is 147 Å². The van der Waals surface area contributed by atoms with E-state index < -0.39 is 11.6 Å². The molecule has 3 aromatic carbocycles. The molecule has 0 spiro atoms. The van der Waals surface area contributed by atoms with Crippen molar-refractivity contribution >= 4 is 10.8 Å². The number of aryl methyl sites for hydroxylation is 1. The number of unbranched alkanes of at least 4 members (excludes halogenated alkanes) is 2. The van der Waals surface area contributed by atoms with Crippen molar-refractivity contribution in [3.05, 3.63) is 82.9 Å². The summed E-state index contributed by atoms with van der Waals surface area (Å²) >= 11 is 0. The zero-order valence-electron chi connectivity index (χ0n) is 14.3. The lowest BCUT2D eigenvalue weighted by atomic mass is 10.0. The molecule has 0 nitrogen and oxygen atoms in total. The fraction of sp³-hybridized carbons (Fsp3) is 0.217. The van der Waals surface area contributed by atoms with Gasteiger partial charge in [0.1, 0.15) is 0 Å². The van der Waals surface area contributed by atoms with E-state index in [2.05, 4.69) is 30.9 Å². The molecular formula is C23H20F2. The van der Waals surface area contributed by atoms with Gasteiger partial charge < -0.3 is 0 Å². The number of rotatable bonds is 4. The topological polar surface area (TPSA) is 0 Å². The summed E-state index contributed by atoms with van der Waals surface area (Å²) in [5.74, 6) is 4.56. The molecule has 0 aliphatic carbocycles. The van der Waals surface area contributed by atoms with Gasteiger partial charge in [-0.3, -0.25) is 0 Å². The Kier molecular flexibility index (Phi) is 5.46. The number of halogens is 2. The molecule has 0 aliphatic rings. The highest BCUT2D eigenvalue weighted by molar-refractivity contribution is 5.84. The van der Waals surface area contributed by atoms with Crippen molar-refractivity contribution in [2.24, 2.45) is 0 Å². The Hall–Kier alpha value is -2.66. The Balaban J connectivity index is 1.76. The van der Waals surface area contributed by atoms with Gasteiger partial charge in [0.15, 0.2) is 11.6 Å². The first-order valence-corrected chi connectivity index (χ1v) is 8.65. The Morgan fingerprint density at radius 2 is 1.36 bits per heavy atom. The van der Waals surface area contributed by atoms with Gasteiger partial charge in [0, 0.05) is 11.1 Å². The van der Waals surface area contributed by atoms with Crippen LogP contribution in [0.5, 0.6) is 0 Å². The van der Waals surface area contributed by atoms with E-state index in [1.165, 1.54) is 37.0 Å². The lowest BCUT2D eigenvalue weighted by Crippen LogP contribution is -1.86. The van der Waals surface area contributed by atoms with Crippen molar-refractivity contribution in [2.45, 2.75) is 32.6 Å². The van der Waals surface area contributed by atoms with Crippen molar-refractivity contribution in [1.29, 1.82) is 0 Å². The van der Waals surface area contributed by atoms with E-state index in [-0.39, 0.29) is 0 Å². The van der Waals surface area contributed by atoms with Crippen LogP contribution in [0.15, 0.2) is 54.6 Å². The average molecular weight is 334 g/mol. The second kappa shape index (κ2) is 7.94. The second-order valence-corrected chi connectivity index (χ2v) is 6.23. The van der Waals surface area contributed by atoms with Crippen LogP contribution in [0.4, 0.5) is 8.78 Å². The van der Waals surface area contributed by atoms with E-state index in [4.69, 9.17) is 0 Å². The summed E-state index contributed by atoms with van der Waals surface area (Å²) in [5.41, 5.74) is 3.07. The molecule has 2 heteroatoms. The van der Waals surface area contributed by atoms with Crippen LogP contribution in [0, 0.1) is 23.5 Å². The smallest absolute Gasteiger partial charge is 0.159 e. The fourth-order valence-corrected chi connectivity index (χ4v) is 2.80. The zero-order valence-corrected chi connectivity index (χ0v) is 14.3. The van der Waals surface area contributed by atoms with Gasteiger partial charge in [0.2, 0.25) is 0 Å². The molecule has 3 rings (SSSR count). The van der Waals surface area contributed by atoms with Crippen LogP contribution in [0.1, 0.15) is 42.9 Å². The van der Waals surface area contributed by atoms with Gasteiger partial charge in [-0.2, -0.15) is 0 Å². The van der Waals surface area contributed by atoms with E-state index >= 15 is 0 Å². The summed E-state index contributed by atoms with van der Waals surface area (Å²) in [5, 5.41) is 1.32. The fourth-order valence-electron chi connectivity index (χ4n) is 2.80. The first-order chi connectivity index (χ1) is 12.2. The van der Waals surface area contributed by atoms with Crippen molar-refractivity contribution in [1.82, 2.24) is 0 Å². The summed E-state index contributed by atoms with van der Waals surface area (Å²) in [6, 6.07) is 16.1. The first kappa shape index (κ1) is 17.2. The Morgan fingerprint density at radius 3 is 2.08 bits per heavy atom. The predicted octanol–water partition coefficient (Wildman–Crippen LogP) is 6.25. The van der Waals surface area contributed by atoms with Crippen molar-refractivity contribution in [3.63, 3.8) is 0 Å². The summed E-state index contributed by atoms with van der Waals surface area (Å²) in [6.07, 6.45) is 4.81. The number of hydrogen-bond acceptors (Lipinski definition) is 0. The third-order valence-electron chi connectivity index (χ3n) is 4.25. The molecule has 0 aliphatic heterocycles. The normalized spacial score (nSPS) is 10.5. The third kappa shape index (κ3) is 4.45. The predicted molar refractivity (Wildman–Crippen MR) is 99.5 cm³/mol. The van der Waals surface area contributed by atoms with Gasteiger partial charge >= 0.3 is 0 Å². The molecule has 0 radical (unpaired) electrons. The van der Waals surface area contributed by atoms with E-state index in [9.17, 15) is 8.78 Å². The lowest BCUT2D eigenvalue weighted by molar-refractivity contribution is 0.511. The van der Waals surface area contributed by atoms with Gasteiger partial charge in [-0.1, -0.05) is 49.8 Å². The van der Waals surface area contributed by atoms with Crippen LogP contribution in [-0.2, 0) is 6.42 Å². The molecule has 0 unspecified atom stereocenters. The highest BCUT2D eigenvalue weighted by Crippen LogP contribution is 2.19. The van der Waals surface area contributed by atoms with E-state index in [0.717, 1.165) is 17.5 Å².